The third kappa shape index (κ3) is 5.41. The van der Waals surface area contributed by atoms with E-state index in [-0.39, 0.29) is 24.2 Å². The molecule has 0 bridgehead atoms. The molecule has 6 nitrogen and oxygen atoms in total. The van der Waals surface area contributed by atoms with Crippen molar-refractivity contribution in [1.29, 1.82) is 0 Å². The van der Waals surface area contributed by atoms with E-state index in [1.807, 2.05) is 37.4 Å². The summed E-state index contributed by atoms with van der Waals surface area (Å²) in [5.74, 6) is 0. The quantitative estimate of drug-likeness (QED) is 0.363. The number of pyridine rings is 1. The summed E-state index contributed by atoms with van der Waals surface area (Å²) in [4.78, 5) is 8.57. The number of fused-ring (bicyclic) bond motifs is 1. The van der Waals surface area contributed by atoms with Crippen LogP contribution in [-0.4, -0.2) is 76.1 Å². The average Bonchev–Trinajstić information content (AvgIpc) is 3.31. The first-order chi connectivity index (χ1) is 18.7. The maximum Gasteiger partial charge on any atom is 0.401 e. The zero-order valence-corrected chi connectivity index (χ0v) is 22.0. The van der Waals surface area contributed by atoms with Gasteiger partial charge in [-0.1, -0.05) is 18.2 Å². The lowest BCUT2D eigenvalue weighted by Crippen LogP contribution is -2.47. The highest BCUT2D eigenvalue weighted by Crippen LogP contribution is 2.53. The third-order valence-electron chi connectivity index (χ3n) is 8.67. The zero-order chi connectivity index (χ0) is 27.2. The number of halogens is 4. The van der Waals surface area contributed by atoms with Crippen molar-refractivity contribution >= 4 is 5.69 Å². The Kier molecular flexibility index (Phi) is 6.87. The number of aromatic nitrogens is 3. The maximum atomic E-state index is 13.7. The number of nitrogens with one attached hydrogen (secondary N) is 2. The van der Waals surface area contributed by atoms with Gasteiger partial charge in [0, 0.05) is 48.9 Å². The average molecular weight is 543 g/mol. The molecule has 0 radical (unpaired) electrons. The van der Waals surface area contributed by atoms with Gasteiger partial charge in [0.15, 0.2) is 0 Å². The Labute approximate surface area is 225 Å². The SMILES string of the molecule is C[C@@H]1Cc2cc(-c3cn[nH]c3)ccc2[C@@H](c2ccc(N[C@@H]3CN(CCCF)CC34CC4)cn2)N1CC(F)(F)F. The number of nitrogens with zero attached hydrogens (tertiary/aromatic N) is 4. The Balaban J connectivity index is 1.27. The van der Waals surface area contributed by atoms with Gasteiger partial charge in [-0.05, 0) is 61.4 Å². The van der Waals surface area contributed by atoms with E-state index in [1.165, 1.54) is 4.90 Å². The fourth-order valence-corrected chi connectivity index (χ4v) is 6.53. The van der Waals surface area contributed by atoms with Crippen molar-refractivity contribution < 1.29 is 17.6 Å². The second kappa shape index (κ2) is 10.2. The predicted octanol–water partition coefficient (Wildman–Crippen LogP) is 5.61. The van der Waals surface area contributed by atoms with Crippen molar-refractivity contribution in [2.24, 2.45) is 5.41 Å². The fourth-order valence-electron chi connectivity index (χ4n) is 6.53. The van der Waals surface area contributed by atoms with Crippen LogP contribution in [-0.2, 0) is 6.42 Å². The van der Waals surface area contributed by atoms with Crippen LogP contribution in [0.15, 0.2) is 48.9 Å². The highest BCUT2D eigenvalue weighted by molar-refractivity contribution is 5.64. The Morgan fingerprint density at radius 3 is 2.64 bits per heavy atom. The molecule has 2 aromatic heterocycles. The minimum absolute atomic E-state index is 0.239. The summed E-state index contributed by atoms with van der Waals surface area (Å²) in [6.07, 6.45) is 4.38. The number of alkyl halides is 4. The normalized spacial score (nSPS) is 24.7. The van der Waals surface area contributed by atoms with E-state index in [4.69, 9.17) is 4.98 Å². The van der Waals surface area contributed by atoms with Crippen molar-refractivity contribution in [2.45, 2.75) is 56.9 Å². The molecule has 2 fully saturated rings. The molecular weight excluding hydrogens is 508 g/mol. The number of benzene rings is 1. The van der Waals surface area contributed by atoms with E-state index < -0.39 is 18.8 Å². The molecule has 39 heavy (non-hydrogen) atoms. The topological polar surface area (TPSA) is 60.1 Å². The van der Waals surface area contributed by atoms with Crippen LogP contribution in [0.1, 0.15) is 49.0 Å². The molecule has 0 unspecified atom stereocenters. The molecule has 1 aliphatic carbocycles. The van der Waals surface area contributed by atoms with Crippen LogP contribution in [0.25, 0.3) is 11.1 Å². The van der Waals surface area contributed by atoms with Gasteiger partial charge in [-0.3, -0.25) is 19.4 Å². The standard InChI is InChI=1S/C29H34F4N6/c1-19-11-21-12-20(22-13-35-36-14-22)3-5-24(21)27(39(19)18-29(31,32)33)25-6-4-23(15-34-25)37-26-16-38(10-2-9-30)17-28(26)7-8-28/h3-6,12-15,19,26-27,37H,2,7-11,16-18H2,1H3,(H,35,36)/t19-,26-,27+/m1/s1. The summed E-state index contributed by atoms with van der Waals surface area (Å²) in [6, 6.07) is 9.09. The van der Waals surface area contributed by atoms with E-state index >= 15 is 0 Å². The molecule has 1 saturated heterocycles. The van der Waals surface area contributed by atoms with Gasteiger partial charge in [0.05, 0.1) is 43.0 Å². The molecule has 6 rings (SSSR count). The number of hydrogen-bond donors (Lipinski definition) is 2. The summed E-state index contributed by atoms with van der Waals surface area (Å²) in [7, 11) is 0. The monoisotopic (exact) mass is 542 g/mol. The second-order valence-corrected chi connectivity index (χ2v) is 11.5. The first kappa shape index (κ1) is 26.3. The summed E-state index contributed by atoms with van der Waals surface area (Å²) >= 11 is 0. The molecule has 10 heteroatoms. The molecule has 3 aromatic rings. The van der Waals surface area contributed by atoms with E-state index in [0.717, 1.165) is 60.4 Å². The number of anilines is 1. The number of rotatable bonds is 8. The van der Waals surface area contributed by atoms with Crippen LogP contribution in [0.3, 0.4) is 0 Å². The first-order valence-electron chi connectivity index (χ1n) is 13.7. The van der Waals surface area contributed by atoms with Crippen molar-refractivity contribution in [3.63, 3.8) is 0 Å². The van der Waals surface area contributed by atoms with Gasteiger partial charge in [-0.25, -0.2) is 0 Å². The van der Waals surface area contributed by atoms with Crippen LogP contribution in [0.2, 0.25) is 0 Å². The van der Waals surface area contributed by atoms with Gasteiger partial charge in [-0.15, -0.1) is 0 Å². The predicted molar refractivity (Wildman–Crippen MR) is 142 cm³/mol. The maximum absolute atomic E-state index is 13.7. The fraction of sp³-hybridized carbons (Fsp3) is 0.517. The molecule has 3 atom stereocenters. The number of H-pyrrole nitrogens is 1. The van der Waals surface area contributed by atoms with Crippen molar-refractivity contribution in [2.75, 3.05) is 38.2 Å². The van der Waals surface area contributed by atoms with Crippen molar-refractivity contribution in [3.05, 3.63) is 65.7 Å². The summed E-state index contributed by atoms with van der Waals surface area (Å²) in [5, 5.41) is 10.5. The highest BCUT2D eigenvalue weighted by atomic mass is 19.4. The van der Waals surface area contributed by atoms with Gasteiger partial charge < -0.3 is 10.2 Å². The number of hydrogen-bond acceptors (Lipinski definition) is 5. The second-order valence-electron chi connectivity index (χ2n) is 11.5. The summed E-state index contributed by atoms with van der Waals surface area (Å²) in [5.41, 5.74) is 5.52. The lowest BCUT2D eigenvalue weighted by molar-refractivity contribution is -0.155. The van der Waals surface area contributed by atoms with Gasteiger partial charge in [0.1, 0.15) is 0 Å². The molecule has 4 heterocycles. The van der Waals surface area contributed by atoms with Crippen LogP contribution in [0.4, 0.5) is 23.2 Å². The van der Waals surface area contributed by atoms with E-state index in [0.29, 0.717) is 18.5 Å². The van der Waals surface area contributed by atoms with Crippen LogP contribution in [0.5, 0.6) is 0 Å². The van der Waals surface area contributed by atoms with Crippen LogP contribution < -0.4 is 5.32 Å². The van der Waals surface area contributed by atoms with Crippen LogP contribution in [0, 0.1) is 5.41 Å². The highest BCUT2D eigenvalue weighted by Gasteiger charge is 2.54. The molecule has 2 N–H and O–H groups in total. The Hall–Kier alpha value is -2.98. The Morgan fingerprint density at radius 2 is 1.97 bits per heavy atom. The summed E-state index contributed by atoms with van der Waals surface area (Å²) in [6.45, 7) is 3.18. The molecule has 2 aliphatic heterocycles. The van der Waals surface area contributed by atoms with Gasteiger partial charge in [-0.2, -0.15) is 18.3 Å². The number of likely N-dealkylation sites (tertiary alicyclic amines) is 1. The molecule has 1 saturated carbocycles. The van der Waals surface area contributed by atoms with Gasteiger partial charge >= 0.3 is 6.18 Å². The van der Waals surface area contributed by atoms with Gasteiger partial charge in [0.25, 0.3) is 0 Å². The summed E-state index contributed by atoms with van der Waals surface area (Å²) < 4.78 is 53.8. The zero-order valence-electron chi connectivity index (χ0n) is 22.0. The first-order valence-corrected chi connectivity index (χ1v) is 13.7. The smallest absolute Gasteiger partial charge is 0.379 e. The molecule has 1 spiro atoms. The molecule has 208 valence electrons. The van der Waals surface area contributed by atoms with Crippen molar-refractivity contribution in [1.82, 2.24) is 25.0 Å². The molecule has 3 aliphatic rings. The molecule has 1 aromatic carbocycles. The lowest BCUT2D eigenvalue weighted by atomic mass is 9.85. The minimum atomic E-state index is -4.32. The van der Waals surface area contributed by atoms with Crippen LogP contribution >= 0.6 is 0 Å². The molecular formula is C29H34F4N6. The van der Waals surface area contributed by atoms with Crippen molar-refractivity contribution in [3.8, 4) is 11.1 Å². The lowest BCUT2D eigenvalue weighted by Gasteiger charge is -2.42. The van der Waals surface area contributed by atoms with E-state index in [1.54, 1.807) is 12.4 Å². The largest absolute Gasteiger partial charge is 0.401 e. The molecule has 0 amide bonds. The number of aromatic amines is 1. The minimum Gasteiger partial charge on any atom is -0.379 e. The Bertz CT molecular complexity index is 1270. The van der Waals surface area contributed by atoms with E-state index in [9.17, 15) is 17.6 Å². The third-order valence-corrected chi connectivity index (χ3v) is 8.67. The van der Waals surface area contributed by atoms with E-state index in [2.05, 4.69) is 26.5 Å². The van der Waals surface area contributed by atoms with Gasteiger partial charge in [0.2, 0.25) is 0 Å². The Morgan fingerprint density at radius 1 is 1.13 bits per heavy atom.